The summed E-state index contributed by atoms with van der Waals surface area (Å²) >= 11 is 3.45. The van der Waals surface area contributed by atoms with Crippen molar-refractivity contribution >= 4 is 27.5 Å². The first-order valence-corrected chi connectivity index (χ1v) is 6.15. The SMILES string of the molecule is CCOC(=O)c1c(C)nc2c(Br)cc(C)cn12. The molecule has 0 bridgehead atoms. The van der Waals surface area contributed by atoms with Crippen molar-refractivity contribution in [1.82, 2.24) is 9.38 Å². The highest BCUT2D eigenvalue weighted by molar-refractivity contribution is 9.10. The maximum atomic E-state index is 11.9. The number of pyridine rings is 1. The van der Waals surface area contributed by atoms with Gasteiger partial charge in [-0.1, -0.05) is 0 Å². The molecule has 5 heteroatoms. The van der Waals surface area contributed by atoms with Gasteiger partial charge in [0.15, 0.2) is 11.3 Å². The highest BCUT2D eigenvalue weighted by atomic mass is 79.9. The van der Waals surface area contributed by atoms with Gasteiger partial charge in [-0.05, 0) is 48.3 Å². The van der Waals surface area contributed by atoms with Crippen molar-refractivity contribution in [3.63, 3.8) is 0 Å². The minimum Gasteiger partial charge on any atom is -0.461 e. The lowest BCUT2D eigenvalue weighted by molar-refractivity contribution is 0.0517. The Bertz CT molecular complexity index is 590. The number of carbonyl (C=O) groups is 1. The normalized spacial score (nSPS) is 10.8. The van der Waals surface area contributed by atoms with Crippen LogP contribution < -0.4 is 0 Å². The zero-order valence-corrected chi connectivity index (χ0v) is 11.5. The van der Waals surface area contributed by atoms with Gasteiger partial charge >= 0.3 is 5.97 Å². The monoisotopic (exact) mass is 296 g/mol. The van der Waals surface area contributed by atoms with Gasteiger partial charge in [0.25, 0.3) is 0 Å². The number of imidazole rings is 1. The Hall–Kier alpha value is -1.36. The molecule has 0 fully saturated rings. The quantitative estimate of drug-likeness (QED) is 0.801. The number of nitrogens with zero attached hydrogens (tertiary/aromatic N) is 2. The summed E-state index contributed by atoms with van der Waals surface area (Å²) in [6.07, 6.45) is 1.88. The molecule has 0 radical (unpaired) electrons. The Labute approximate surface area is 108 Å². The van der Waals surface area contributed by atoms with Crippen LogP contribution in [0.5, 0.6) is 0 Å². The first-order valence-electron chi connectivity index (χ1n) is 5.36. The fourth-order valence-corrected chi connectivity index (χ4v) is 2.43. The topological polar surface area (TPSA) is 43.6 Å². The van der Waals surface area contributed by atoms with Gasteiger partial charge in [-0.15, -0.1) is 0 Å². The first-order chi connectivity index (χ1) is 8.04. The summed E-state index contributed by atoms with van der Waals surface area (Å²) in [7, 11) is 0. The number of rotatable bonds is 2. The number of hydrogen-bond donors (Lipinski definition) is 0. The molecule has 0 saturated carbocycles. The van der Waals surface area contributed by atoms with Gasteiger partial charge in [0, 0.05) is 6.20 Å². The molecule has 0 aliphatic heterocycles. The van der Waals surface area contributed by atoms with Crippen molar-refractivity contribution in [2.24, 2.45) is 0 Å². The molecule has 0 amide bonds. The molecule has 90 valence electrons. The fraction of sp³-hybridized carbons (Fsp3) is 0.333. The summed E-state index contributed by atoms with van der Waals surface area (Å²) in [6.45, 7) is 5.92. The van der Waals surface area contributed by atoms with Crippen molar-refractivity contribution in [2.75, 3.05) is 6.61 Å². The van der Waals surface area contributed by atoms with Gasteiger partial charge in [-0.2, -0.15) is 0 Å². The molecular formula is C12H13BrN2O2. The van der Waals surface area contributed by atoms with Gasteiger partial charge in [0.1, 0.15) is 0 Å². The average Bonchev–Trinajstić information content (AvgIpc) is 2.55. The Morgan fingerprint density at radius 2 is 2.24 bits per heavy atom. The average molecular weight is 297 g/mol. The summed E-state index contributed by atoms with van der Waals surface area (Å²) in [5.41, 5.74) is 2.95. The van der Waals surface area contributed by atoms with E-state index in [0.717, 1.165) is 15.7 Å². The van der Waals surface area contributed by atoms with Crippen LogP contribution in [0.2, 0.25) is 0 Å². The van der Waals surface area contributed by atoms with Crippen LogP contribution in [0.15, 0.2) is 16.7 Å². The zero-order valence-electron chi connectivity index (χ0n) is 9.95. The third-order valence-corrected chi connectivity index (χ3v) is 3.04. The van der Waals surface area contributed by atoms with Crippen LogP contribution >= 0.6 is 15.9 Å². The predicted molar refractivity (Wildman–Crippen MR) is 68.3 cm³/mol. The molecule has 2 aromatic rings. The highest BCUT2D eigenvalue weighted by Crippen LogP contribution is 2.22. The number of esters is 1. The number of hydrogen-bond acceptors (Lipinski definition) is 3. The Morgan fingerprint density at radius 3 is 2.88 bits per heavy atom. The standard InChI is InChI=1S/C12H13BrN2O2/c1-4-17-12(16)10-8(3)14-11-9(13)5-7(2)6-15(10)11/h5-6H,4H2,1-3H3. The van der Waals surface area contributed by atoms with Gasteiger partial charge < -0.3 is 4.74 Å². The predicted octanol–water partition coefficient (Wildman–Crippen LogP) is 2.89. The lowest BCUT2D eigenvalue weighted by Crippen LogP contribution is -2.09. The summed E-state index contributed by atoms with van der Waals surface area (Å²) in [6, 6.07) is 1.97. The molecular weight excluding hydrogens is 284 g/mol. The van der Waals surface area contributed by atoms with E-state index in [1.807, 2.05) is 19.2 Å². The van der Waals surface area contributed by atoms with E-state index < -0.39 is 0 Å². The smallest absolute Gasteiger partial charge is 0.357 e. The van der Waals surface area contributed by atoms with Crippen molar-refractivity contribution in [3.8, 4) is 0 Å². The molecule has 0 N–H and O–H groups in total. The fourth-order valence-electron chi connectivity index (χ4n) is 1.79. The van der Waals surface area contributed by atoms with Crippen LogP contribution in [-0.2, 0) is 4.74 Å². The van der Waals surface area contributed by atoms with Crippen LogP contribution in [0.1, 0.15) is 28.7 Å². The third kappa shape index (κ3) is 2.07. The maximum Gasteiger partial charge on any atom is 0.357 e. The van der Waals surface area contributed by atoms with Crippen LogP contribution in [0, 0.1) is 13.8 Å². The van der Waals surface area contributed by atoms with Crippen LogP contribution in [0.3, 0.4) is 0 Å². The second kappa shape index (κ2) is 4.49. The molecule has 0 unspecified atom stereocenters. The molecule has 2 heterocycles. The number of aryl methyl sites for hydroxylation is 2. The van der Waals surface area contributed by atoms with Gasteiger partial charge in [-0.25, -0.2) is 9.78 Å². The van der Waals surface area contributed by atoms with E-state index in [1.54, 1.807) is 18.2 Å². The van der Waals surface area contributed by atoms with E-state index in [9.17, 15) is 4.79 Å². The molecule has 0 saturated heterocycles. The Morgan fingerprint density at radius 1 is 1.53 bits per heavy atom. The minimum absolute atomic E-state index is 0.338. The number of aromatic nitrogens is 2. The molecule has 2 aromatic heterocycles. The molecule has 0 aliphatic rings. The number of ether oxygens (including phenoxy) is 1. The maximum absolute atomic E-state index is 11.9. The second-order valence-electron chi connectivity index (χ2n) is 3.83. The third-order valence-electron chi connectivity index (χ3n) is 2.45. The van der Waals surface area contributed by atoms with E-state index in [4.69, 9.17) is 4.74 Å². The van der Waals surface area contributed by atoms with Crippen LogP contribution in [0.4, 0.5) is 0 Å². The number of halogens is 1. The lowest BCUT2D eigenvalue weighted by Gasteiger charge is -2.04. The van der Waals surface area contributed by atoms with Crippen LogP contribution in [-0.4, -0.2) is 22.0 Å². The molecule has 0 atom stereocenters. The minimum atomic E-state index is -0.338. The van der Waals surface area contributed by atoms with Crippen molar-refractivity contribution in [2.45, 2.75) is 20.8 Å². The van der Waals surface area contributed by atoms with E-state index in [1.165, 1.54) is 0 Å². The van der Waals surface area contributed by atoms with E-state index in [0.29, 0.717) is 18.0 Å². The summed E-state index contributed by atoms with van der Waals surface area (Å²) in [5.74, 6) is -0.338. The first kappa shape index (κ1) is 12.1. The molecule has 4 nitrogen and oxygen atoms in total. The second-order valence-corrected chi connectivity index (χ2v) is 4.68. The van der Waals surface area contributed by atoms with Crippen LogP contribution in [0.25, 0.3) is 5.65 Å². The lowest BCUT2D eigenvalue weighted by atomic mass is 10.3. The molecule has 0 aromatic carbocycles. The summed E-state index contributed by atoms with van der Waals surface area (Å²) in [4.78, 5) is 16.2. The van der Waals surface area contributed by atoms with E-state index in [-0.39, 0.29) is 5.97 Å². The summed E-state index contributed by atoms with van der Waals surface area (Å²) < 4.78 is 7.68. The highest BCUT2D eigenvalue weighted by Gasteiger charge is 2.18. The largest absolute Gasteiger partial charge is 0.461 e. The molecule has 2 rings (SSSR count). The van der Waals surface area contributed by atoms with Crippen molar-refractivity contribution in [1.29, 1.82) is 0 Å². The summed E-state index contributed by atoms with van der Waals surface area (Å²) in [5, 5.41) is 0. The van der Waals surface area contributed by atoms with Gasteiger partial charge in [-0.3, -0.25) is 4.40 Å². The van der Waals surface area contributed by atoms with E-state index >= 15 is 0 Å². The van der Waals surface area contributed by atoms with Gasteiger partial charge in [0.05, 0.1) is 16.8 Å². The van der Waals surface area contributed by atoms with Gasteiger partial charge in [0.2, 0.25) is 0 Å². The van der Waals surface area contributed by atoms with E-state index in [2.05, 4.69) is 20.9 Å². The molecule has 0 spiro atoms. The van der Waals surface area contributed by atoms with Crippen molar-refractivity contribution < 1.29 is 9.53 Å². The number of carbonyl (C=O) groups excluding carboxylic acids is 1. The Kier molecular flexibility index (Phi) is 3.19. The van der Waals surface area contributed by atoms with Crippen molar-refractivity contribution in [3.05, 3.63) is 33.7 Å². The number of fused-ring (bicyclic) bond motifs is 1. The molecule has 0 aliphatic carbocycles. The Balaban J connectivity index is 2.70. The molecule has 17 heavy (non-hydrogen) atoms. The zero-order chi connectivity index (χ0) is 12.6.